The first-order chi connectivity index (χ1) is 14.8. The van der Waals surface area contributed by atoms with Gasteiger partial charge in [0.25, 0.3) is 5.56 Å². The van der Waals surface area contributed by atoms with Crippen molar-refractivity contribution in [1.82, 2.24) is 9.13 Å². The topological polar surface area (TPSA) is 82.3 Å². The van der Waals surface area contributed by atoms with E-state index in [4.69, 9.17) is 4.74 Å². The van der Waals surface area contributed by atoms with Crippen molar-refractivity contribution in [3.05, 3.63) is 86.3 Å². The molecule has 1 N–H and O–H groups in total. The number of anilines is 2. The second-order valence-electron chi connectivity index (χ2n) is 6.43. The Kier molecular flexibility index (Phi) is 7.90. The lowest BCUT2D eigenvalue weighted by Crippen LogP contribution is -2.43. The third-order valence-corrected chi connectivity index (χ3v) is 4.40. The summed E-state index contributed by atoms with van der Waals surface area (Å²) in [4.78, 5) is 38.2. The van der Waals surface area contributed by atoms with Crippen LogP contribution in [0.4, 0.5) is 15.9 Å². The monoisotopic (exact) mass is 427 g/mol. The lowest BCUT2D eigenvalue weighted by molar-refractivity contribution is 0.0732. The molecule has 8 heteroatoms. The molecule has 0 fully saturated rings. The van der Waals surface area contributed by atoms with Crippen LogP contribution in [0.5, 0.6) is 5.75 Å². The Morgan fingerprint density at radius 2 is 1.74 bits per heavy atom. The van der Waals surface area contributed by atoms with E-state index in [0.29, 0.717) is 5.56 Å². The molecule has 0 atom stereocenters. The second kappa shape index (κ2) is 10.4. The highest BCUT2D eigenvalue weighted by atomic mass is 19.1. The zero-order valence-corrected chi connectivity index (χ0v) is 18.2. The molecule has 0 spiro atoms. The fraction of sp³-hybridized carbons (Fsp3) is 0.261. The SMILES string of the molecule is CC.CCn1c(=O)c(C(=O)Oc2ccccc2)c(Nc2ccc(C)cc2F)n(C)c1=O. The Morgan fingerprint density at radius 3 is 2.32 bits per heavy atom. The molecule has 3 rings (SSSR count). The predicted octanol–water partition coefficient (Wildman–Crippen LogP) is 4.00. The number of nitrogens with one attached hydrogen (secondary N) is 1. The van der Waals surface area contributed by atoms with Crippen LogP contribution in [-0.2, 0) is 13.6 Å². The van der Waals surface area contributed by atoms with Crippen LogP contribution >= 0.6 is 0 Å². The minimum Gasteiger partial charge on any atom is -0.423 e. The zero-order valence-electron chi connectivity index (χ0n) is 18.2. The maximum atomic E-state index is 14.3. The number of halogens is 1. The Hall–Kier alpha value is -3.68. The van der Waals surface area contributed by atoms with Gasteiger partial charge in [-0.2, -0.15) is 0 Å². The van der Waals surface area contributed by atoms with Crippen molar-refractivity contribution in [2.24, 2.45) is 7.05 Å². The van der Waals surface area contributed by atoms with Gasteiger partial charge in [0.05, 0.1) is 5.69 Å². The van der Waals surface area contributed by atoms with Gasteiger partial charge in [-0.3, -0.25) is 13.9 Å². The number of nitrogens with zero attached hydrogens (tertiary/aromatic N) is 2. The van der Waals surface area contributed by atoms with Gasteiger partial charge in [-0.05, 0) is 43.7 Å². The van der Waals surface area contributed by atoms with Gasteiger partial charge in [-0.1, -0.05) is 38.1 Å². The van der Waals surface area contributed by atoms with Crippen molar-refractivity contribution in [2.45, 2.75) is 34.2 Å². The Balaban J connectivity index is 0.00000166. The second-order valence-corrected chi connectivity index (χ2v) is 6.43. The third kappa shape index (κ3) is 5.09. The van der Waals surface area contributed by atoms with Crippen LogP contribution in [0.3, 0.4) is 0 Å². The molecule has 3 aromatic rings. The number of para-hydroxylation sites is 1. The van der Waals surface area contributed by atoms with E-state index in [1.165, 1.54) is 19.2 Å². The number of carbonyl (C=O) groups is 1. The first-order valence-corrected chi connectivity index (χ1v) is 9.97. The molecule has 7 nitrogen and oxygen atoms in total. The average molecular weight is 427 g/mol. The summed E-state index contributed by atoms with van der Waals surface area (Å²) in [6.45, 7) is 7.41. The highest BCUT2D eigenvalue weighted by Gasteiger charge is 2.25. The van der Waals surface area contributed by atoms with E-state index in [0.717, 1.165) is 9.13 Å². The smallest absolute Gasteiger partial charge is 0.352 e. The summed E-state index contributed by atoms with van der Waals surface area (Å²) in [6, 6.07) is 12.7. The number of hydrogen-bond acceptors (Lipinski definition) is 5. The molecular formula is C23H26FN3O4. The largest absolute Gasteiger partial charge is 0.423 e. The number of carbonyl (C=O) groups excluding carboxylic acids is 1. The molecule has 2 aromatic carbocycles. The minimum atomic E-state index is -0.950. The Morgan fingerprint density at radius 1 is 1.10 bits per heavy atom. The molecule has 1 heterocycles. The number of rotatable bonds is 5. The summed E-state index contributed by atoms with van der Waals surface area (Å²) < 4.78 is 21.7. The van der Waals surface area contributed by atoms with E-state index in [2.05, 4.69) is 5.32 Å². The summed E-state index contributed by atoms with van der Waals surface area (Å²) in [5, 5.41) is 2.71. The quantitative estimate of drug-likeness (QED) is 0.492. The van der Waals surface area contributed by atoms with Crippen molar-refractivity contribution in [3.63, 3.8) is 0 Å². The molecule has 0 amide bonds. The van der Waals surface area contributed by atoms with Crippen LogP contribution in [0.15, 0.2) is 58.1 Å². The molecule has 0 unspecified atom stereocenters. The fourth-order valence-corrected chi connectivity index (χ4v) is 2.87. The van der Waals surface area contributed by atoms with Crippen LogP contribution in [0.1, 0.15) is 36.7 Å². The lowest BCUT2D eigenvalue weighted by Gasteiger charge is -2.17. The van der Waals surface area contributed by atoms with Crippen molar-refractivity contribution in [2.75, 3.05) is 5.32 Å². The van der Waals surface area contributed by atoms with E-state index in [1.54, 1.807) is 50.2 Å². The molecule has 0 saturated carbocycles. The van der Waals surface area contributed by atoms with E-state index < -0.39 is 28.6 Å². The fourth-order valence-electron chi connectivity index (χ4n) is 2.87. The summed E-state index contributed by atoms with van der Waals surface area (Å²) in [5.74, 6) is -1.44. The van der Waals surface area contributed by atoms with Gasteiger partial charge in [0.2, 0.25) is 0 Å². The van der Waals surface area contributed by atoms with Crippen LogP contribution in [0, 0.1) is 12.7 Å². The third-order valence-electron chi connectivity index (χ3n) is 4.40. The van der Waals surface area contributed by atoms with Crippen LogP contribution in [0.2, 0.25) is 0 Å². The van der Waals surface area contributed by atoms with E-state index in [1.807, 2.05) is 13.8 Å². The van der Waals surface area contributed by atoms with Gasteiger partial charge in [0, 0.05) is 13.6 Å². The molecule has 0 aliphatic rings. The maximum absolute atomic E-state index is 14.3. The molecule has 0 radical (unpaired) electrons. The van der Waals surface area contributed by atoms with Gasteiger partial charge in [-0.15, -0.1) is 0 Å². The average Bonchev–Trinajstić information content (AvgIpc) is 2.76. The standard InChI is InChI=1S/C21H20FN3O4.C2H6/c1-4-25-19(26)17(20(27)29-14-8-6-5-7-9-14)18(24(3)21(25)28)23-16-11-10-13(2)12-15(16)22;1-2/h5-12,23H,4H2,1-3H3;1-2H3. The molecule has 0 aliphatic carbocycles. The molecule has 0 bridgehead atoms. The molecule has 0 saturated heterocycles. The molecular weight excluding hydrogens is 401 g/mol. The number of ether oxygens (including phenoxy) is 1. The minimum absolute atomic E-state index is 0.0213. The van der Waals surface area contributed by atoms with Gasteiger partial charge < -0.3 is 10.1 Å². The highest BCUT2D eigenvalue weighted by Crippen LogP contribution is 2.22. The molecule has 164 valence electrons. The number of aromatic nitrogens is 2. The van der Waals surface area contributed by atoms with E-state index in [-0.39, 0.29) is 23.8 Å². The summed E-state index contributed by atoms with van der Waals surface area (Å²) in [5.41, 5.74) is -1.12. The van der Waals surface area contributed by atoms with Crippen LogP contribution in [0.25, 0.3) is 0 Å². The van der Waals surface area contributed by atoms with E-state index in [9.17, 15) is 18.8 Å². The predicted molar refractivity (Wildman–Crippen MR) is 119 cm³/mol. The first kappa shape index (κ1) is 23.6. The highest BCUT2D eigenvalue weighted by molar-refractivity contribution is 5.96. The molecule has 31 heavy (non-hydrogen) atoms. The number of benzene rings is 2. The normalized spacial score (nSPS) is 10.1. The van der Waals surface area contributed by atoms with Crippen molar-refractivity contribution in [3.8, 4) is 5.75 Å². The van der Waals surface area contributed by atoms with Crippen LogP contribution < -0.4 is 21.3 Å². The van der Waals surface area contributed by atoms with Crippen molar-refractivity contribution < 1.29 is 13.9 Å². The van der Waals surface area contributed by atoms with Crippen molar-refractivity contribution >= 4 is 17.5 Å². The number of hydrogen-bond donors (Lipinski definition) is 1. The maximum Gasteiger partial charge on any atom is 0.352 e. The first-order valence-electron chi connectivity index (χ1n) is 9.97. The van der Waals surface area contributed by atoms with Gasteiger partial charge in [-0.25, -0.2) is 14.0 Å². The molecule has 1 aromatic heterocycles. The van der Waals surface area contributed by atoms with E-state index >= 15 is 0 Å². The lowest BCUT2D eigenvalue weighted by atomic mass is 10.2. The van der Waals surface area contributed by atoms with Crippen LogP contribution in [-0.4, -0.2) is 15.1 Å². The summed E-state index contributed by atoms with van der Waals surface area (Å²) in [6.07, 6.45) is 0. The Bertz CT molecular complexity index is 1180. The molecule has 0 aliphatic heterocycles. The number of aryl methyl sites for hydroxylation is 1. The number of esters is 1. The van der Waals surface area contributed by atoms with Crippen molar-refractivity contribution in [1.29, 1.82) is 0 Å². The Labute approximate surface area is 179 Å². The van der Waals surface area contributed by atoms with Gasteiger partial charge in [0.1, 0.15) is 17.4 Å². The summed E-state index contributed by atoms with van der Waals surface area (Å²) in [7, 11) is 1.39. The zero-order chi connectivity index (χ0) is 23.1. The van der Waals surface area contributed by atoms with Gasteiger partial charge in [0.15, 0.2) is 5.56 Å². The summed E-state index contributed by atoms with van der Waals surface area (Å²) >= 11 is 0. The van der Waals surface area contributed by atoms with Gasteiger partial charge >= 0.3 is 11.7 Å².